The van der Waals surface area contributed by atoms with Crippen LogP contribution in [0, 0.1) is 6.92 Å². The smallest absolute Gasteiger partial charge is 0.120 e. The van der Waals surface area contributed by atoms with Crippen LogP contribution < -0.4 is 10.6 Å². The van der Waals surface area contributed by atoms with Gasteiger partial charge in [-0.25, -0.2) is 4.99 Å². The molecule has 0 spiro atoms. The Labute approximate surface area is 116 Å². The first kappa shape index (κ1) is 12.0. The van der Waals surface area contributed by atoms with Crippen molar-refractivity contribution in [2.45, 2.75) is 6.92 Å². The maximum atomic E-state index is 6.08. The summed E-state index contributed by atoms with van der Waals surface area (Å²) < 4.78 is 0. The number of nitrogens with two attached hydrogens (primary N) is 1. The van der Waals surface area contributed by atoms with Crippen molar-refractivity contribution in [2.24, 2.45) is 10.7 Å². The molecule has 5 heteroatoms. The number of halogens is 1. The fourth-order valence-electron chi connectivity index (χ4n) is 2.22. The van der Waals surface area contributed by atoms with Crippen LogP contribution >= 0.6 is 11.6 Å². The lowest BCUT2D eigenvalue weighted by Crippen LogP contribution is -2.33. The van der Waals surface area contributed by atoms with Crippen molar-refractivity contribution >= 4 is 34.5 Å². The summed E-state index contributed by atoms with van der Waals surface area (Å²) in [5, 5.41) is 0.681. The molecule has 1 aliphatic heterocycles. The van der Waals surface area contributed by atoms with Crippen LogP contribution in [0.1, 0.15) is 5.69 Å². The fraction of sp³-hybridized carbons (Fsp3) is 0.143. The van der Waals surface area contributed by atoms with E-state index in [9.17, 15) is 0 Å². The lowest BCUT2D eigenvalue weighted by molar-refractivity contribution is 1.05. The molecule has 0 atom stereocenters. The molecular weight excluding hydrogens is 260 g/mol. The molecule has 1 aromatic carbocycles. The van der Waals surface area contributed by atoms with Gasteiger partial charge in [-0.1, -0.05) is 11.6 Å². The van der Waals surface area contributed by atoms with Crippen LogP contribution in [0.4, 0.5) is 17.1 Å². The summed E-state index contributed by atoms with van der Waals surface area (Å²) in [5.41, 5.74) is 9.67. The predicted molar refractivity (Wildman–Crippen MR) is 78.7 cm³/mol. The van der Waals surface area contributed by atoms with Crippen molar-refractivity contribution in [3.8, 4) is 0 Å². The second kappa shape index (κ2) is 4.55. The molecule has 0 unspecified atom stereocenters. The summed E-state index contributed by atoms with van der Waals surface area (Å²) in [5.74, 6) is 0.582. The topological polar surface area (TPSA) is 54.5 Å². The SMILES string of the molecule is Cc1ncccc1N1CC(N)=Nc2ccc(Cl)cc21. The summed E-state index contributed by atoms with van der Waals surface area (Å²) in [6, 6.07) is 9.53. The first-order valence-corrected chi connectivity index (χ1v) is 6.35. The van der Waals surface area contributed by atoms with Crippen molar-refractivity contribution in [1.82, 2.24) is 4.98 Å². The molecule has 4 nitrogen and oxygen atoms in total. The lowest BCUT2D eigenvalue weighted by Gasteiger charge is -2.30. The zero-order valence-electron chi connectivity index (χ0n) is 10.5. The van der Waals surface area contributed by atoms with Crippen LogP contribution in [0.3, 0.4) is 0 Å². The highest BCUT2D eigenvalue weighted by atomic mass is 35.5. The minimum Gasteiger partial charge on any atom is -0.386 e. The molecule has 0 saturated carbocycles. The number of anilines is 2. The summed E-state index contributed by atoms with van der Waals surface area (Å²) in [6.45, 7) is 2.52. The van der Waals surface area contributed by atoms with Crippen LogP contribution in [-0.2, 0) is 0 Å². The molecule has 1 aliphatic rings. The fourth-order valence-corrected chi connectivity index (χ4v) is 2.39. The number of amidine groups is 1. The summed E-state index contributed by atoms with van der Waals surface area (Å²) in [7, 11) is 0. The standard InChI is InChI=1S/C14H13ClN4/c1-9-12(3-2-6-17-9)19-8-14(16)18-11-5-4-10(15)7-13(11)19/h2-7H,8H2,1H3,(H2,16,18). The van der Waals surface area contributed by atoms with Gasteiger partial charge in [0, 0.05) is 11.2 Å². The highest BCUT2D eigenvalue weighted by Gasteiger charge is 2.21. The van der Waals surface area contributed by atoms with E-state index in [1.54, 1.807) is 6.20 Å². The molecule has 2 N–H and O–H groups in total. The Morgan fingerprint density at radius 2 is 2.11 bits per heavy atom. The summed E-state index contributed by atoms with van der Waals surface area (Å²) in [4.78, 5) is 10.8. The van der Waals surface area contributed by atoms with Gasteiger partial charge in [0.1, 0.15) is 5.84 Å². The Kier molecular flexibility index (Phi) is 2.87. The third kappa shape index (κ3) is 2.15. The number of nitrogens with zero attached hydrogens (tertiary/aromatic N) is 3. The molecule has 0 bridgehead atoms. The Bertz CT molecular complexity index is 666. The third-order valence-electron chi connectivity index (χ3n) is 3.08. The van der Waals surface area contributed by atoms with Crippen LogP contribution in [0.25, 0.3) is 0 Å². The molecule has 96 valence electrons. The number of aryl methyl sites for hydroxylation is 1. The number of hydrogen-bond acceptors (Lipinski definition) is 4. The second-order valence-corrected chi connectivity index (χ2v) is 4.87. The van der Waals surface area contributed by atoms with E-state index in [4.69, 9.17) is 17.3 Å². The molecule has 1 aromatic heterocycles. The average molecular weight is 273 g/mol. The Balaban J connectivity index is 2.17. The highest BCUT2D eigenvalue weighted by Crippen LogP contribution is 2.38. The van der Waals surface area contributed by atoms with Gasteiger partial charge in [-0.3, -0.25) is 4.98 Å². The van der Waals surface area contributed by atoms with Gasteiger partial charge >= 0.3 is 0 Å². The van der Waals surface area contributed by atoms with E-state index in [1.807, 2.05) is 37.3 Å². The largest absolute Gasteiger partial charge is 0.386 e. The van der Waals surface area contributed by atoms with E-state index in [1.165, 1.54) is 0 Å². The van der Waals surface area contributed by atoms with Gasteiger partial charge in [-0.15, -0.1) is 0 Å². The van der Waals surface area contributed by atoms with Crippen molar-refractivity contribution < 1.29 is 0 Å². The zero-order valence-corrected chi connectivity index (χ0v) is 11.2. The average Bonchev–Trinajstić information content (AvgIpc) is 2.39. The van der Waals surface area contributed by atoms with E-state index < -0.39 is 0 Å². The highest BCUT2D eigenvalue weighted by molar-refractivity contribution is 6.31. The second-order valence-electron chi connectivity index (χ2n) is 4.43. The van der Waals surface area contributed by atoms with Crippen LogP contribution in [-0.4, -0.2) is 17.4 Å². The van der Waals surface area contributed by atoms with Gasteiger partial charge in [0.25, 0.3) is 0 Å². The van der Waals surface area contributed by atoms with Gasteiger partial charge in [0.2, 0.25) is 0 Å². The first-order chi connectivity index (χ1) is 9.15. The number of aromatic nitrogens is 1. The summed E-state index contributed by atoms with van der Waals surface area (Å²) in [6.07, 6.45) is 1.78. The minimum atomic E-state index is 0.542. The van der Waals surface area contributed by atoms with Gasteiger partial charge in [-0.05, 0) is 37.3 Å². The van der Waals surface area contributed by atoms with Crippen molar-refractivity contribution in [1.29, 1.82) is 0 Å². The van der Waals surface area contributed by atoms with Crippen LogP contribution in [0.15, 0.2) is 41.5 Å². The molecule has 19 heavy (non-hydrogen) atoms. The van der Waals surface area contributed by atoms with Gasteiger partial charge in [0.05, 0.1) is 29.3 Å². The number of fused-ring (bicyclic) bond motifs is 1. The lowest BCUT2D eigenvalue weighted by atomic mass is 10.1. The number of pyridine rings is 1. The van der Waals surface area contributed by atoms with Crippen molar-refractivity contribution in [2.75, 3.05) is 11.4 Å². The first-order valence-electron chi connectivity index (χ1n) is 5.97. The maximum absolute atomic E-state index is 6.08. The van der Waals surface area contributed by atoms with Crippen LogP contribution in [0.5, 0.6) is 0 Å². The number of hydrogen-bond donors (Lipinski definition) is 1. The third-order valence-corrected chi connectivity index (χ3v) is 3.32. The van der Waals surface area contributed by atoms with Gasteiger partial charge in [0.15, 0.2) is 0 Å². The van der Waals surface area contributed by atoms with E-state index in [-0.39, 0.29) is 0 Å². The Hall–Kier alpha value is -2.07. The predicted octanol–water partition coefficient (Wildman–Crippen LogP) is 3.18. The molecule has 2 aromatic rings. The number of rotatable bonds is 1. The molecule has 0 saturated heterocycles. The van der Waals surface area contributed by atoms with E-state index in [0.717, 1.165) is 22.8 Å². The molecular formula is C14H13ClN4. The monoisotopic (exact) mass is 272 g/mol. The number of aliphatic imine (C=N–C) groups is 1. The Morgan fingerprint density at radius 3 is 2.89 bits per heavy atom. The molecule has 0 radical (unpaired) electrons. The van der Waals surface area contributed by atoms with E-state index in [0.29, 0.717) is 17.4 Å². The molecule has 3 rings (SSSR count). The van der Waals surface area contributed by atoms with Crippen molar-refractivity contribution in [3.63, 3.8) is 0 Å². The maximum Gasteiger partial charge on any atom is 0.120 e. The van der Waals surface area contributed by atoms with Gasteiger partial charge in [-0.2, -0.15) is 0 Å². The van der Waals surface area contributed by atoms with Crippen LogP contribution in [0.2, 0.25) is 5.02 Å². The Morgan fingerprint density at radius 1 is 1.26 bits per heavy atom. The van der Waals surface area contributed by atoms with E-state index in [2.05, 4.69) is 14.9 Å². The normalized spacial score (nSPS) is 14.0. The molecule has 0 amide bonds. The zero-order chi connectivity index (χ0) is 13.4. The molecule has 0 aliphatic carbocycles. The molecule has 0 fully saturated rings. The number of benzene rings is 1. The summed E-state index contributed by atoms with van der Waals surface area (Å²) >= 11 is 6.08. The van der Waals surface area contributed by atoms with E-state index >= 15 is 0 Å². The minimum absolute atomic E-state index is 0.542. The van der Waals surface area contributed by atoms with Crippen molar-refractivity contribution in [3.05, 3.63) is 47.2 Å². The quantitative estimate of drug-likeness (QED) is 0.867. The van der Waals surface area contributed by atoms with Gasteiger partial charge < -0.3 is 10.6 Å². The molecule has 2 heterocycles.